The van der Waals surface area contributed by atoms with Crippen LogP contribution in [0, 0.1) is 17.5 Å². The number of benzene rings is 2. The van der Waals surface area contributed by atoms with Gasteiger partial charge in [0, 0.05) is 0 Å². The highest BCUT2D eigenvalue weighted by Crippen LogP contribution is 2.30. The molecule has 0 spiro atoms. The average molecular weight is 299 g/mol. The third kappa shape index (κ3) is 3.15. The molecular weight excluding hydrogens is 285 g/mol. The molecule has 2 aromatic carbocycles. The summed E-state index contributed by atoms with van der Waals surface area (Å²) in [5, 5.41) is -0.713. The maximum absolute atomic E-state index is 13.2. The van der Waals surface area contributed by atoms with Crippen LogP contribution in [-0.2, 0) is 6.42 Å². The molecule has 0 aliphatic rings. The van der Waals surface area contributed by atoms with Crippen molar-refractivity contribution in [1.29, 1.82) is 0 Å². The molecule has 1 unspecified atom stereocenters. The summed E-state index contributed by atoms with van der Waals surface area (Å²) in [6.07, 6.45) is 2.01. The van der Waals surface area contributed by atoms with Gasteiger partial charge in [0.15, 0.2) is 17.5 Å². The van der Waals surface area contributed by atoms with Gasteiger partial charge in [-0.25, -0.2) is 13.2 Å². The van der Waals surface area contributed by atoms with Crippen LogP contribution < -0.4 is 0 Å². The van der Waals surface area contributed by atoms with Crippen molar-refractivity contribution >= 4 is 11.6 Å². The van der Waals surface area contributed by atoms with Crippen LogP contribution in [0.1, 0.15) is 35.4 Å². The Labute approximate surface area is 121 Å². The van der Waals surface area contributed by atoms with Crippen molar-refractivity contribution < 1.29 is 13.2 Å². The first-order chi connectivity index (χ1) is 9.52. The highest BCUT2D eigenvalue weighted by Gasteiger charge is 2.17. The molecule has 0 saturated carbocycles. The minimum Gasteiger partial charge on any atom is -0.204 e. The van der Waals surface area contributed by atoms with Gasteiger partial charge in [-0.3, -0.25) is 0 Å². The molecule has 4 heteroatoms. The lowest BCUT2D eigenvalue weighted by molar-refractivity contribution is 0.445. The van der Waals surface area contributed by atoms with Crippen LogP contribution in [0.4, 0.5) is 13.2 Å². The van der Waals surface area contributed by atoms with Crippen molar-refractivity contribution in [2.24, 2.45) is 0 Å². The molecule has 0 aliphatic heterocycles. The minimum atomic E-state index is -1.48. The zero-order chi connectivity index (χ0) is 14.7. The molecule has 0 aromatic heterocycles. The minimum absolute atomic E-state index is 0.200. The standard InChI is InChI=1S/C16H14ClF3/c1-2-3-10-4-6-11(7-5-10)15(17)12-8-13(18)16(20)14(19)9-12/h4-9,15H,2-3H2,1H3. The predicted molar refractivity (Wildman–Crippen MR) is 74.4 cm³/mol. The molecule has 0 heterocycles. The van der Waals surface area contributed by atoms with Crippen molar-refractivity contribution in [1.82, 2.24) is 0 Å². The summed E-state index contributed by atoms with van der Waals surface area (Å²) in [6.45, 7) is 2.09. The van der Waals surface area contributed by atoms with Crippen LogP contribution in [-0.4, -0.2) is 0 Å². The predicted octanol–water partition coefficient (Wildman–Crippen LogP) is 5.38. The van der Waals surface area contributed by atoms with E-state index in [2.05, 4.69) is 6.92 Å². The van der Waals surface area contributed by atoms with Crippen LogP contribution in [0.2, 0.25) is 0 Å². The summed E-state index contributed by atoms with van der Waals surface area (Å²) in [5.74, 6) is -3.93. The van der Waals surface area contributed by atoms with E-state index in [4.69, 9.17) is 11.6 Å². The third-order valence-electron chi connectivity index (χ3n) is 3.11. The second kappa shape index (κ2) is 6.31. The second-order valence-corrected chi connectivity index (χ2v) is 5.09. The Hall–Kier alpha value is -1.48. The Kier molecular flexibility index (Phi) is 4.71. The van der Waals surface area contributed by atoms with Gasteiger partial charge < -0.3 is 0 Å². The largest absolute Gasteiger partial charge is 0.204 e. The Balaban J connectivity index is 2.28. The van der Waals surface area contributed by atoms with Gasteiger partial charge in [-0.1, -0.05) is 37.6 Å². The molecular formula is C16H14ClF3. The molecule has 0 aliphatic carbocycles. The zero-order valence-corrected chi connectivity index (χ0v) is 11.7. The summed E-state index contributed by atoms with van der Waals surface area (Å²) in [5.41, 5.74) is 2.10. The van der Waals surface area contributed by atoms with E-state index in [1.165, 1.54) is 5.56 Å². The molecule has 106 valence electrons. The Bertz CT molecular complexity index is 570. The first kappa shape index (κ1) is 14.9. The maximum atomic E-state index is 13.2. The highest BCUT2D eigenvalue weighted by atomic mass is 35.5. The molecule has 0 nitrogen and oxygen atoms in total. The number of hydrogen-bond acceptors (Lipinski definition) is 0. The normalized spacial score (nSPS) is 12.4. The quantitative estimate of drug-likeness (QED) is 0.525. The Morgan fingerprint density at radius 3 is 2.00 bits per heavy atom. The van der Waals surface area contributed by atoms with Gasteiger partial charge in [-0.2, -0.15) is 0 Å². The smallest absolute Gasteiger partial charge is 0.194 e. The van der Waals surface area contributed by atoms with Gasteiger partial charge in [0.2, 0.25) is 0 Å². The van der Waals surface area contributed by atoms with E-state index >= 15 is 0 Å². The fourth-order valence-corrected chi connectivity index (χ4v) is 2.33. The molecule has 2 aromatic rings. The van der Waals surface area contributed by atoms with E-state index in [0.29, 0.717) is 0 Å². The monoisotopic (exact) mass is 298 g/mol. The lowest BCUT2D eigenvalue weighted by Gasteiger charge is -2.12. The summed E-state index contributed by atoms with van der Waals surface area (Å²) in [4.78, 5) is 0. The highest BCUT2D eigenvalue weighted by molar-refractivity contribution is 6.22. The van der Waals surface area contributed by atoms with Gasteiger partial charge in [0.25, 0.3) is 0 Å². The van der Waals surface area contributed by atoms with Crippen LogP contribution in [0.25, 0.3) is 0 Å². The number of halogens is 4. The molecule has 0 radical (unpaired) electrons. The first-order valence-corrected chi connectivity index (χ1v) is 6.84. The molecule has 1 atom stereocenters. The van der Waals surface area contributed by atoms with E-state index < -0.39 is 22.8 Å². The molecule has 0 fully saturated rings. The van der Waals surface area contributed by atoms with Crippen molar-refractivity contribution in [2.45, 2.75) is 25.1 Å². The lowest BCUT2D eigenvalue weighted by Crippen LogP contribution is -1.99. The second-order valence-electron chi connectivity index (χ2n) is 4.65. The van der Waals surface area contributed by atoms with E-state index in [0.717, 1.165) is 30.5 Å². The van der Waals surface area contributed by atoms with E-state index in [1.54, 1.807) is 0 Å². The molecule has 0 saturated heterocycles. The van der Waals surface area contributed by atoms with E-state index in [9.17, 15) is 13.2 Å². The fourth-order valence-electron chi connectivity index (χ4n) is 2.06. The number of alkyl halides is 1. The molecule has 0 amide bonds. The van der Waals surface area contributed by atoms with Crippen LogP contribution in [0.3, 0.4) is 0 Å². The average Bonchev–Trinajstić information content (AvgIpc) is 2.44. The summed E-state index contributed by atoms with van der Waals surface area (Å²) >= 11 is 6.20. The third-order valence-corrected chi connectivity index (χ3v) is 3.61. The molecule has 0 bridgehead atoms. The van der Waals surface area contributed by atoms with Crippen molar-refractivity contribution in [3.05, 3.63) is 70.5 Å². The molecule has 20 heavy (non-hydrogen) atoms. The van der Waals surface area contributed by atoms with Crippen LogP contribution >= 0.6 is 11.6 Å². The van der Waals surface area contributed by atoms with Gasteiger partial charge in [0.05, 0.1) is 5.38 Å². The molecule has 2 rings (SSSR count). The SMILES string of the molecule is CCCc1ccc(C(Cl)c2cc(F)c(F)c(F)c2)cc1. The van der Waals surface area contributed by atoms with Gasteiger partial charge in [0.1, 0.15) is 0 Å². The Morgan fingerprint density at radius 1 is 0.950 bits per heavy atom. The van der Waals surface area contributed by atoms with E-state index in [-0.39, 0.29) is 5.56 Å². The first-order valence-electron chi connectivity index (χ1n) is 6.40. The number of hydrogen-bond donors (Lipinski definition) is 0. The van der Waals surface area contributed by atoms with Crippen LogP contribution in [0.5, 0.6) is 0 Å². The summed E-state index contributed by atoms with van der Waals surface area (Å²) in [7, 11) is 0. The maximum Gasteiger partial charge on any atom is 0.194 e. The van der Waals surface area contributed by atoms with Gasteiger partial charge in [-0.05, 0) is 35.2 Å². The van der Waals surface area contributed by atoms with Crippen molar-refractivity contribution in [3.63, 3.8) is 0 Å². The Morgan fingerprint density at radius 2 is 1.50 bits per heavy atom. The summed E-state index contributed by atoms with van der Waals surface area (Å²) < 4.78 is 39.3. The summed E-state index contributed by atoms with van der Waals surface area (Å²) in [6, 6.07) is 9.37. The number of rotatable bonds is 4. The van der Waals surface area contributed by atoms with Gasteiger partial charge >= 0.3 is 0 Å². The lowest BCUT2D eigenvalue weighted by atomic mass is 10.0. The van der Waals surface area contributed by atoms with Crippen molar-refractivity contribution in [2.75, 3.05) is 0 Å². The number of aryl methyl sites for hydroxylation is 1. The van der Waals surface area contributed by atoms with Gasteiger partial charge in [-0.15, -0.1) is 11.6 Å². The zero-order valence-electron chi connectivity index (χ0n) is 11.0. The fraction of sp³-hybridized carbons (Fsp3) is 0.250. The molecule has 0 N–H and O–H groups in total. The topological polar surface area (TPSA) is 0 Å². The van der Waals surface area contributed by atoms with E-state index in [1.807, 2.05) is 24.3 Å². The van der Waals surface area contributed by atoms with Crippen LogP contribution in [0.15, 0.2) is 36.4 Å². The van der Waals surface area contributed by atoms with Crippen molar-refractivity contribution in [3.8, 4) is 0 Å².